The first kappa shape index (κ1) is 12.1. The first-order chi connectivity index (χ1) is 9.66. The first-order valence-electron chi connectivity index (χ1n) is 5.90. The van der Waals surface area contributed by atoms with Gasteiger partial charge in [-0.1, -0.05) is 18.2 Å². The maximum atomic E-state index is 11.0. The molecule has 2 heterocycles. The molecular formula is C13H11N5O2. The largest absolute Gasteiger partial charge is 0.476 e. The smallest absolute Gasteiger partial charge is 0.356 e. The van der Waals surface area contributed by atoms with E-state index in [1.807, 2.05) is 24.3 Å². The molecule has 1 aromatic carbocycles. The molecule has 1 N–H and O–H groups in total. The van der Waals surface area contributed by atoms with E-state index in [2.05, 4.69) is 15.3 Å². The number of nitrogens with zero attached hydrogens (tertiary/aromatic N) is 5. The molecule has 0 aliphatic heterocycles. The van der Waals surface area contributed by atoms with Crippen LogP contribution in [0.2, 0.25) is 0 Å². The number of benzene rings is 1. The van der Waals surface area contributed by atoms with E-state index in [-0.39, 0.29) is 5.69 Å². The van der Waals surface area contributed by atoms with Crippen LogP contribution in [0.15, 0.2) is 42.7 Å². The summed E-state index contributed by atoms with van der Waals surface area (Å²) in [4.78, 5) is 12.5. The molecule has 0 aliphatic rings. The highest BCUT2D eigenvalue weighted by Gasteiger charge is 2.16. The molecule has 2 aromatic heterocycles. The Morgan fingerprint density at radius 3 is 2.55 bits per heavy atom. The first-order valence-corrected chi connectivity index (χ1v) is 5.90. The van der Waals surface area contributed by atoms with Gasteiger partial charge in [0.05, 0.1) is 23.8 Å². The topological polar surface area (TPSA) is 85.8 Å². The van der Waals surface area contributed by atoms with E-state index in [9.17, 15) is 4.79 Å². The average molecular weight is 269 g/mol. The van der Waals surface area contributed by atoms with Crippen LogP contribution in [-0.2, 0) is 7.05 Å². The van der Waals surface area contributed by atoms with Crippen LogP contribution in [0.25, 0.3) is 16.9 Å². The standard InChI is InChI=1S/C13H11N5O2/c1-17-12(8-10(16-17)13(19)20)9-4-2-3-5-11(9)18-14-6-7-15-18/h2-8H,1H3,(H,19,20). The van der Waals surface area contributed by atoms with E-state index < -0.39 is 5.97 Å². The summed E-state index contributed by atoms with van der Waals surface area (Å²) in [6.45, 7) is 0. The van der Waals surface area contributed by atoms with Crippen molar-refractivity contribution < 1.29 is 9.90 Å². The third-order valence-electron chi connectivity index (χ3n) is 2.91. The SMILES string of the molecule is Cn1nc(C(=O)O)cc1-c1ccccc1-n1nccn1. The predicted octanol–water partition coefficient (Wildman–Crippen LogP) is 1.37. The molecule has 0 radical (unpaired) electrons. The van der Waals surface area contributed by atoms with Crippen molar-refractivity contribution in [2.24, 2.45) is 7.05 Å². The van der Waals surface area contributed by atoms with Crippen molar-refractivity contribution in [2.75, 3.05) is 0 Å². The predicted molar refractivity (Wildman–Crippen MR) is 70.5 cm³/mol. The summed E-state index contributed by atoms with van der Waals surface area (Å²) in [6.07, 6.45) is 3.17. The van der Waals surface area contributed by atoms with Gasteiger partial charge in [0.25, 0.3) is 0 Å². The van der Waals surface area contributed by atoms with Crippen LogP contribution in [0.4, 0.5) is 0 Å². The van der Waals surface area contributed by atoms with Crippen molar-refractivity contribution >= 4 is 5.97 Å². The van der Waals surface area contributed by atoms with E-state index in [1.54, 1.807) is 19.4 Å². The maximum absolute atomic E-state index is 11.0. The molecule has 7 heteroatoms. The van der Waals surface area contributed by atoms with Gasteiger partial charge in [0.1, 0.15) is 0 Å². The molecule has 0 aliphatic carbocycles. The van der Waals surface area contributed by atoms with E-state index in [0.717, 1.165) is 11.3 Å². The second-order valence-electron chi connectivity index (χ2n) is 4.18. The van der Waals surface area contributed by atoms with Crippen LogP contribution < -0.4 is 0 Å². The van der Waals surface area contributed by atoms with Crippen molar-refractivity contribution in [3.8, 4) is 16.9 Å². The Kier molecular flexibility index (Phi) is 2.79. The van der Waals surface area contributed by atoms with Crippen LogP contribution >= 0.6 is 0 Å². The van der Waals surface area contributed by atoms with Gasteiger partial charge in [0.2, 0.25) is 0 Å². The van der Waals surface area contributed by atoms with E-state index in [0.29, 0.717) is 5.69 Å². The molecule has 0 unspecified atom stereocenters. The molecule has 0 bridgehead atoms. The molecule has 0 fully saturated rings. The van der Waals surface area contributed by atoms with Crippen LogP contribution in [0.3, 0.4) is 0 Å². The Hall–Kier alpha value is -2.96. The summed E-state index contributed by atoms with van der Waals surface area (Å²) < 4.78 is 1.53. The van der Waals surface area contributed by atoms with Gasteiger partial charge < -0.3 is 5.11 Å². The number of para-hydroxylation sites is 1. The van der Waals surface area contributed by atoms with Crippen molar-refractivity contribution in [1.82, 2.24) is 24.8 Å². The van der Waals surface area contributed by atoms with Crippen molar-refractivity contribution in [2.45, 2.75) is 0 Å². The number of aromatic carboxylic acids is 1. The van der Waals surface area contributed by atoms with Gasteiger partial charge in [-0.3, -0.25) is 4.68 Å². The molecule has 0 spiro atoms. The molecule has 7 nitrogen and oxygen atoms in total. The number of aromatic nitrogens is 5. The number of aryl methyl sites for hydroxylation is 1. The van der Waals surface area contributed by atoms with E-state index in [4.69, 9.17) is 5.11 Å². The lowest BCUT2D eigenvalue weighted by atomic mass is 10.1. The number of hydrogen-bond donors (Lipinski definition) is 1. The highest BCUT2D eigenvalue weighted by atomic mass is 16.4. The lowest BCUT2D eigenvalue weighted by Gasteiger charge is -2.08. The zero-order valence-electron chi connectivity index (χ0n) is 10.6. The maximum Gasteiger partial charge on any atom is 0.356 e. The summed E-state index contributed by atoms with van der Waals surface area (Å²) in [5.41, 5.74) is 2.27. The fourth-order valence-corrected chi connectivity index (χ4v) is 2.03. The van der Waals surface area contributed by atoms with Gasteiger partial charge in [0.15, 0.2) is 5.69 Å². The fourth-order valence-electron chi connectivity index (χ4n) is 2.03. The Bertz CT molecular complexity index is 761. The molecule has 0 amide bonds. The summed E-state index contributed by atoms with van der Waals surface area (Å²) in [5, 5.41) is 21.2. The van der Waals surface area contributed by atoms with Crippen LogP contribution in [0.1, 0.15) is 10.5 Å². The van der Waals surface area contributed by atoms with Crippen molar-refractivity contribution in [3.63, 3.8) is 0 Å². The number of rotatable bonds is 3. The van der Waals surface area contributed by atoms with Gasteiger partial charge in [-0.05, 0) is 12.1 Å². The van der Waals surface area contributed by atoms with E-state index in [1.165, 1.54) is 15.5 Å². The minimum atomic E-state index is -1.05. The highest BCUT2D eigenvalue weighted by Crippen LogP contribution is 2.26. The zero-order chi connectivity index (χ0) is 14.1. The van der Waals surface area contributed by atoms with Crippen LogP contribution in [-0.4, -0.2) is 35.9 Å². The lowest BCUT2D eigenvalue weighted by Crippen LogP contribution is -2.03. The van der Waals surface area contributed by atoms with Gasteiger partial charge >= 0.3 is 5.97 Å². The number of carbonyl (C=O) groups is 1. The minimum absolute atomic E-state index is 0.00530. The molecule has 3 rings (SSSR count). The second kappa shape index (κ2) is 4.61. The Labute approximate surface area is 114 Å². The molecule has 20 heavy (non-hydrogen) atoms. The normalized spacial score (nSPS) is 10.7. The molecule has 0 saturated heterocycles. The van der Waals surface area contributed by atoms with Crippen LogP contribution in [0.5, 0.6) is 0 Å². The van der Waals surface area contributed by atoms with Gasteiger partial charge in [-0.2, -0.15) is 20.1 Å². The molecule has 0 atom stereocenters. The monoisotopic (exact) mass is 269 g/mol. The summed E-state index contributed by atoms with van der Waals surface area (Å²) >= 11 is 0. The minimum Gasteiger partial charge on any atom is -0.476 e. The quantitative estimate of drug-likeness (QED) is 0.776. The highest BCUT2D eigenvalue weighted by molar-refractivity contribution is 5.87. The number of carboxylic acid groups (broad SMARTS) is 1. The second-order valence-corrected chi connectivity index (χ2v) is 4.18. The van der Waals surface area contributed by atoms with Crippen molar-refractivity contribution in [1.29, 1.82) is 0 Å². The Balaban J connectivity index is 2.18. The van der Waals surface area contributed by atoms with Gasteiger partial charge in [0, 0.05) is 12.6 Å². The number of hydrogen-bond acceptors (Lipinski definition) is 4. The lowest BCUT2D eigenvalue weighted by molar-refractivity contribution is 0.0689. The third-order valence-corrected chi connectivity index (χ3v) is 2.91. The molecule has 100 valence electrons. The zero-order valence-corrected chi connectivity index (χ0v) is 10.6. The average Bonchev–Trinajstić information content (AvgIpc) is 3.08. The fraction of sp³-hybridized carbons (Fsp3) is 0.0769. The Morgan fingerprint density at radius 2 is 1.90 bits per heavy atom. The number of carboxylic acids is 1. The van der Waals surface area contributed by atoms with Gasteiger partial charge in [-0.15, -0.1) is 0 Å². The van der Waals surface area contributed by atoms with Gasteiger partial charge in [-0.25, -0.2) is 4.79 Å². The Morgan fingerprint density at radius 1 is 1.20 bits per heavy atom. The van der Waals surface area contributed by atoms with Crippen molar-refractivity contribution in [3.05, 3.63) is 48.4 Å². The molecule has 0 saturated carbocycles. The van der Waals surface area contributed by atoms with Crippen LogP contribution in [0, 0.1) is 0 Å². The summed E-state index contributed by atoms with van der Waals surface area (Å²) in [7, 11) is 1.70. The molecular weight excluding hydrogens is 258 g/mol. The third kappa shape index (κ3) is 1.95. The molecule has 3 aromatic rings. The van der Waals surface area contributed by atoms with E-state index >= 15 is 0 Å². The summed E-state index contributed by atoms with van der Waals surface area (Å²) in [5.74, 6) is -1.05. The summed E-state index contributed by atoms with van der Waals surface area (Å²) in [6, 6.07) is 9.02.